The van der Waals surface area contributed by atoms with Crippen LogP contribution in [0.4, 0.5) is 0 Å². The fourth-order valence-corrected chi connectivity index (χ4v) is 0.786. The van der Waals surface area contributed by atoms with Gasteiger partial charge in [-0.2, -0.15) is 0 Å². The van der Waals surface area contributed by atoms with Gasteiger partial charge in [0.1, 0.15) is 0 Å². The maximum Gasteiger partial charge on any atom is 0.0967 e. The zero-order chi connectivity index (χ0) is 12.5. The van der Waals surface area contributed by atoms with Crippen molar-refractivity contribution in [1.82, 2.24) is 0 Å². The third kappa shape index (κ3) is 36.0. The van der Waals surface area contributed by atoms with Crippen LogP contribution in [0, 0.1) is 0 Å². The van der Waals surface area contributed by atoms with Gasteiger partial charge >= 0.3 is 0 Å². The van der Waals surface area contributed by atoms with Crippen LogP contribution in [0.3, 0.4) is 0 Å². The molecule has 0 N–H and O–H groups in total. The van der Waals surface area contributed by atoms with Crippen LogP contribution in [0.5, 0.6) is 0 Å². The Morgan fingerprint density at radius 3 is 0.833 bits per heavy atom. The molecule has 18 heavy (non-hydrogen) atoms. The summed E-state index contributed by atoms with van der Waals surface area (Å²) in [6, 6.07) is 0. The summed E-state index contributed by atoms with van der Waals surface area (Å²) in [5.74, 6) is 0. The van der Waals surface area contributed by atoms with Gasteiger partial charge in [0.2, 0.25) is 0 Å². The first-order chi connectivity index (χ1) is 7.83. The molecule has 0 spiro atoms. The molecule has 0 atom stereocenters. The van der Waals surface area contributed by atoms with Crippen LogP contribution in [0.1, 0.15) is 12.8 Å². The molecule has 0 nitrogen and oxygen atoms in total. The molecule has 0 radical (unpaired) electrons. The first-order valence-electron chi connectivity index (χ1n) is 4.70. The zero-order valence-electron chi connectivity index (χ0n) is 9.63. The van der Waals surface area contributed by atoms with E-state index in [0.717, 1.165) is 12.8 Å². The van der Waals surface area contributed by atoms with Gasteiger partial charge < -0.3 is 0 Å². The van der Waals surface area contributed by atoms with Gasteiger partial charge in [-0.05, 0) is 12.8 Å². The Kier molecular flexibility index (Phi) is 47.5. The minimum absolute atomic E-state index is 0. The SMILES string of the molecule is C1=CCC=C1.C1=CCC=C1.ClCCl.ClCCl.[Fe].[Pd]. The summed E-state index contributed by atoms with van der Waals surface area (Å²) < 4.78 is 0. The van der Waals surface area contributed by atoms with Crippen molar-refractivity contribution in [2.24, 2.45) is 0 Å². The summed E-state index contributed by atoms with van der Waals surface area (Å²) in [5.41, 5.74) is 0. The molecule has 0 aromatic carbocycles. The van der Waals surface area contributed by atoms with E-state index in [2.05, 4.69) is 48.6 Å². The predicted molar refractivity (Wildman–Crippen MR) is 78.9 cm³/mol. The molecular weight excluding hydrogens is 448 g/mol. The van der Waals surface area contributed by atoms with Gasteiger partial charge in [0.25, 0.3) is 0 Å². The normalized spacial score (nSPS) is 11.8. The smallest absolute Gasteiger partial charge is 0.0967 e. The van der Waals surface area contributed by atoms with Gasteiger partial charge in [-0.25, -0.2) is 0 Å². The topological polar surface area (TPSA) is 0 Å². The third-order valence-corrected chi connectivity index (χ3v) is 1.31. The van der Waals surface area contributed by atoms with Crippen LogP contribution in [0.2, 0.25) is 0 Å². The van der Waals surface area contributed by atoms with Gasteiger partial charge in [0.15, 0.2) is 0 Å². The van der Waals surface area contributed by atoms with Gasteiger partial charge in [0, 0.05) is 37.5 Å². The van der Waals surface area contributed by atoms with E-state index < -0.39 is 0 Å². The van der Waals surface area contributed by atoms with Crippen LogP contribution in [0.25, 0.3) is 0 Å². The Morgan fingerprint density at radius 2 is 0.778 bits per heavy atom. The van der Waals surface area contributed by atoms with Crippen molar-refractivity contribution < 1.29 is 37.5 Å². The standard InChI is InChI=1S/2C5H6.2CH2Cl2.Fe.Pd/c2*1-2-4-5-3-1;2*2-1-3;;/h2*1-4H,5H2;2*1H2;;. The van der Waals surface area contributed by atoms with Crippen LogP contribution >= 0.6 is 46.4 Å². The van der Waals surface area contributed by atoms with E-state index in [0.29, 0.717) is 0 Å². The van der Waals surface area contributed by atoms with Crippen molar-refractivity contribution in [2.75, 3.05) is 10.7 Å². The maximum absolute atomic E-state index is 4.76. The maximum atomic E-state index is 4.76. The first kappa shape index (κ1) is 27.6. The molecule has 0 saturated carbocycles. The quantitative estimate of drug-likeness (QED) is 0.312. The largest absolute Gasteiger partial charge is 0.109 e. The average molecular weight is 464 g/mol. The Labute approximate surface area is 155 Å². The summed E-state index contributed by atoms with van der Waals surface area (Å²) in [6.07, 6.45) is 19.0. The molecule has 0 aromatic heterocycles. The number of rotatable bonds is 0. The van der Waals surface area contributed by atoms with Gasteiger partial charge in [-0.1, -0.05) is 48.6 Å². The molecule has 2 rings (SSSR count). The Morgan fingerprint density at radius 1 is 0.611 bits per heavy atom. The summed E-state index contributed by atoms with van der Waals surface area (Å²) in [7, 11) is 0. The summed E-state index contributed by atoms with van der Waals surface area (Å²) in [6.45, 7) is 0. The minimum atomic E-state index is 0. The van der Waals surface area contributed by atoms with E-state index in [9.17, 15) is 0 Å². The monoisotopic (exact) mass is 462 g/mol. The van der Waals surface area contributed by atoms with E-state index in [1.165, 1.54) is 0 Å². The van der Waals surface area contributed by atoms with E-state index in [4.69, 9.17) is 46.4 Å². The molecule has 110 valence electrons. The van der Waals surface area contributed by atoms with Crippen LogP contribution < -0.4 is 0 Å². The molecule has 0 amide bonds. The van der Waals surface area contributed by atoms with E-state index in [1.54, 1.807) is 0 Å². The number of allylic oxidation sites excluding steroid dienone is 8. The second kappa shape index (κ2) is 31.0. The van der Waals surface area contributed by atoms with Crippen molar-refractivity contribution in [3.05, 3.63) is 48.6 Å². The fraction of sp³-hybridized carbons (Fsp3) is 0.333. The number of alkyl halides is 4. The van der Waals surface area contributed by atoms with Gasteiger partial charge in [-0.3, -0.25) is 0 Å². The minimum Gasteiger partial charge on any atom is -0.109 e. The van der Waals surface area contributed by atoms with E-state index in [1.807, 2.05) is 0 Å². The molecule has 6 heteroatoms. The average Bonchev–Trinajstić information content (AvgIpc) is 3.00. The summed E-state index contributed by atoms with van der Waals surface area (Å²) in [4.78, 5) is 0. The van der Waals surface area contributed by atoms with Crippen molar-refractivity contribution in [3.8, 4) is 0 Å². The van der Waals surface area contributed by atoms with Crippen molar-refractivity contribution in [3.63, 3.8) is 0 Å². The first-order valence-corrected chi connectivity index (χ1v) is 6.84. The number of halogens is 4. The molecule has 0 bridgehead atoms. The van der Waals surface area contributed by atoms with Gasteiger partial charge in [0.05, 0.1) is 10.7 Å². The summed E-state index contributed by atoms with van der Waals surface area (Å²) in [5, 5.41) is 0.389. The third-order valence-electron chi connectivity index (χ3n) is 1.31. The molecule has 2 aliphatic carbocycles. The zero-order valence-corrected chi connectivity index (χ0v) is 15.3. The van der Waals surface area contributed by atoms with Crippen molar-refractivity contribution in [2.45, 2.75) is 12.8 Å². The molecule has 0 saturated heterocycles. The molecule has 0 unspecified atom stereocenters. The second-order valence-corrected chi connectivity index (χ2v) is 4.00. The van der Waals surface area contributed by atoms with Crippen molar-refractivity contribution in [1.29, 1.82) is 0 Å². The number of hydrogen-bond acceptors (Lipinski definition) is 0. The Bertz CT molecular complexity index is 184. The molecule has 0 fully saturated rings. The molecule has 0 heterocycles. The summed E-state index contributed by atoms with van der Waals surface area (Å²) >= 11 is 19.1. The second-order valence-electron chi connectivity index (χ2n) is 2.39. The Hall–Kier alpha value is 1.30. The Balaban J connectivity index is -0.0000000725. The molecule has 0 aliphatic heterocycles. The molecule has 2 aliphatic rings. The predicted octanol–water partition coefficient (Wildman–Crippen LogP) is 5.84. The van der Waals surface area contributed by atoms with Crippen LogP contribution in [0.15, 0.2) is 48.6 Å². The number of hydrogen-bond donors (Lipinski definition) is 0. The fourth-order valence-electron chi connectivity index (χ4n) is 0.786. The van der Waals surface area contributed by atoms with Crippen LogP contribution in [-0.2, 0) is 37.5 Å². The molecule has 0 aromatic rings. The van der Waals surface area contributed by atoms with Crippen molar-refractivity contribution >= 4 is 46.4 Å². The van der Waals surface area contributed by atoms with Gasteiger partial charge in [-0.15, -0.1) is 46.4 Å². The van der Waals surface area contributed by atoms with E-state index in [-0.39, 0.29) is 48.2 Å². The molecular formula is C12H16Cl4FePd. The van der Waals surface area contributed by atoms with E-state index >= 15 is 0 Å². The van der Waals surface area contributed by atoms with Crippen LogP contribution in [-0.4, -0.2) is 10.7 Å².